The first-order valence-electron chi connectivity index (χ1n) is 11.5. The summed E-state index contributed by atoms with van der Waals surface area (Å²) in [5.41, 5.74) is 3.67. The van der Waals surface area contributed by atoms with Crippen molar-refractivity contribution in [2.24, 2.45) is 0 Å². The molecule has 1 saturated heterocycles. The number of carbonyl (C=O) groups is 2. The highest BCUT2D eigenvalue weighted by Crippen LogP contribution is 2.28. The van der Waals surface area contributed by atoms with Crippen LogP contribution in [0.15, 0.2) is 72.8 Å². The van der Waals surface area contributed by atoms with E-state index in [0.717, 1.165) is 22.4 Å². The van der Waals surface area contributed by atoms with Crippen LogP contribution in [0.25, 0.3) is 11.1 Å². The van der Waals surface area contributed by atoms with Crippen molar-refractivity contribution in [1.29, 1.82) is 0 Å². The lowest BCUT2D eigenvalue weighted by atomic mass is 10.0. The third-order valence-corrected chi connectivity index (χ3v) is 5.88. The van der Waals surface area contributed by atoms with E-state index < -0.39 is 11.9 Å². The second kappa shape index (κ2) is 11.4. The Hall–Kier alpha value is -4.07. The molecule has 1 N–H and O–H groups in total. The van der Waals surface area contributed by atoms with Crippen LogP contribution < -0.4 is 15.0 Å². The van der Waals surface area contributed by atoms with E-state index in [2.05, 4.69) is 10.2 Å². The van der Waals surface area contributed by atoms with Gasteiger partial charge in [-0.15, -0.1) is 0 Å². The zero-order chi connectivity index (χ0) is 24.6. The van der Waals surface area contributed by atoms with Crippen molar-refractivity contribution in [2.75, 3.05) is 44.7 Å². The highest BCUT2D eigenvalue weighted by molar-refractivity contribution is 5.79. The van der Waals surface area contributed by atoms with Gasteiger partial charge in [0.2, 0.25) is 0 Å². The van der Waals surface area contributed by atoms with Crippen LogP contribution in [0, 0.1) is 5.82 Å². The van der Waals surface area contributed by atoms with Crippen molar-refractivity contribution < 1.29 is 23.5 Å². The van der Waals surface area contributed by atoms with Crippen LogP contribution in [0.4, 0.5) is 14.9 Å². The molecular formula is C27H28FN3O4. The molecule has 35 heavy (non-hydrogen) atoms. The largest absolute Gasteiger partial charge is 0.486 e. The van der Waals surface area contributed by atoms with E-state index in [-0.39, 0.29) is 18.3 Å². The molecule has 1 heterocycles. The number of rotatable bonds is 7. The molecule has 0 saturated carbocycles. The summed E-state index contributed by atoms with van der Waals surface area (Å²) in [5.74, 6) is -0.519. The number of hydrogen-bond donors (Lipinski definition) is 1. The van der Waals surface area contributed by atoms with Gasteiger partial charge in [0.25, 0.3) is 5.91 Å². The summed E-state index contributed by atoms with van der Waals surface area (Å²) >= 11 is 0. The molecule has 7 nitrogen and oxygen atoms in total. The number of likely N-dealkylation sites (N-methyl/N-ethyl adjacent to an activating group) is 1. The van der Waals surface area contributed by atoms with Gasteiger partial charge in [0.05, 0.1) is 0 Å². The Morgan fingerprint density at radius 3 is 2.26 bits per heavy atom. The average Bonchev–Trinajstić information content (AvgIpc) is 2.91. The van der Waals surface area contributed by atoms with Crippen LogP contribution in [0.1, 0.15) is 5.56 Å². The molecule has 0 aliphatic carbocycles. The van der Waals surface area contributed by atoms with Gasteiger partial charge in [-0.05, 0) is 41.0 Å². The molecule has 8 heteroatoms. The summed E-state index contributed by atoms with van der Waals surface area (Å²) in [5, 5.41) is 2.42. The van der Waals surface area contributed by atoms with Crippen molar-refractivity contribution in [3.8, 4) is 16.9 Å². The monoisotopic (exact) mass is 477 g/mol. The smallest absolute Gasteiger partial charge is 0.410 e. The minimum Gasteiger partial charge on any atom is -0.486 e. The third-order valence-electron chi connectivity index (χ3n) is 5.88. The summed E-state index contributed by atoms with van der Waals surface area (Å²) in [4.78, 5) is 27.1. The molecular weight excluding hydrogens is 449 g/mol. The summed E-state index contributed by atoms with van der Waals surface area (Å²) in [6.45, 7) is 2.34. The molecule has 1 aliphatic heterocycles. The summed E-state index contributed by atoms with van der Waals surface area (Å²) in [6.07, 6.45) is -0.484. The number of halogens is 1. The Morgan fingerprint density at radius 2 is 1.60 bits per heavy atom. The Morgan fingerprint density at radius 1 is 0.914 bits per heavy atom. The number of amides is 2. The molecule has 0 bridgehead atoms. The normalized spacial score (nSPS) is 13.3. The number of ether oxygens (including phenoxy) is 2. The molecule has 0 radical (unpaired) electrons. The molecule has 2 amide bonds. The molecule has 1 aliphatic rings. The number of nitrogens with one attached hydrogen (secondary N) is 1. The van der Waals surface area contributed by atoms with Gasteiger partial charge in [0.1, 0.15) is 6.61 Å². The zero-order valence-electron chi connectivity index (χ0n) is 19.6. The van der Waals surface area contributed by atoms with Crippen molar-refractivity contribution in [2.45, 2.75) is 6.61 Å². The molecule has 0 spiro atoms. The van der Waals surface area contributed by atoms with Crippen LogP contribution in [-0.4, -0.2) is 56.7 Å². The SMILES string of the molecule is CNC(=O)COC(=O)N1CCN(c2ccc(-c3ccc(OCc4ccccc4)c(F)c3)cc2)CC1. The zero-order valence-corrected chi connectivity index (χ0v) is 19.6. The topological polar surface area (TPSA) is 71.1 Å². The first kappa shape index (κ1) is 24.1. The first-order valence-corrected chi connectivity index (χ1v) is 11.5. The predicted octanol–water partition coefficient (Wildman–Crippen LogP) is 4.08. The average molecular weight is 478 g/mol. The Bertz CT molecular complexity index is 1150. The molecule has 3 aromatic carbocycles. The van der Waals surface area contributed by atoms with E-state index in [1.165, 1.54) is 13.1 Å². The van der Waals surface area contributed by atoms with Crippen molar-refractivity contribution >= 4 is 17.7 Å². The number of hydrogen-bond acceptors (Lipinski definition) is 5. The quantitative estimate of drug-likeness (QED) is 0.555. The van der Waals surface area contributed by atoms with Crippen LogP contribution in [0.2, 0.25) is 0 Å². The summed E-state index contributed by atoms with van der Waals surface area (Å²) < 4.78 is 25.3. The Labute approximate surface area is 204 Å². The minimum absolute atomic E-state index is 0.223. The summed E-state index contributed by atoms with van der Waals surface area (Å²) in [6, 6.07) is 22.5. The van der Waals surface area contributed by atoms with Crippen LogP contribution in [0.3, 0.4) is 0 Å². The number of carbonyl (C=O) groups excluding carboxylic acids is 2. The second-order valence-electron chi connectivity index (χ2n) is 8.17. The van der Waals surface area contributed by atoms with Gasteiger partial charge in [0.15, 0.2) is 18.2 Å². The molecule has 0 unspecified atom stereocenters. The van der Waals surface area contributed by atoms with Crippen LogP contribution in [-0.2, 0) is 16.1 Å². The van der Waals surface area contributed by atoms with E-state index in [9.17, 15) is 14.0 Å². The van der Waals surface area contributed by atoms with Gasteiger partial charge in [-0.1, -0.05) is 48.5 Å². The second-order valence-corrected chi connectivity index (χ2v) is 8.17. The maximum Gasteiger partial charge on any atom is 0.410 e. The third kappa shape index (κ3) is 6.29. The van der Waals surface area contributed by atoms with Crippen LogP contribution in [0.5, 0.6) is 5.75 Å². The summed E-state index contributed by atoms with van der Waals surface area (Å²) in [7, 11) is 1.49. The highest BCUT2D eigenvalue weighted by Gasteiger charge is 2.23. The van der Waals surface area contributed by atoms with Gasteiger partial charge in [0, 0.05) is 38.9 Å². The number of nitrogens with zero attached hydrogens (tertiary/aromatic N) is 2. The van der Waals surface area contributed by atoms with Gasteiger partial charge in [-0.3, -0.25) is 4.79 Å². The van der Waals surface area contributed by atoms with Crippen molar-refractivity contribution in [1.82, 2.24) is 10.2 Å². The van der Waals surface area contributed by atoms with E-state index >= 15 is 0 Å². The lowest BCUT2D eigenvalue weighted by Crippen LogP contribution is -2.49. The van der Waals surface area contributed by atoms with E-state index in [1.807, 2.05) is 60.7 Å². The standard InChI is InChI=1S/C27H28FN3O4/c1-29-26(32)19-35-27(33)31-15-13-30(14-16-31)23-10-7-21(8-11-23)22-9-12-25(24(28)17-22)34-18-20-5-3-2-4-6-20/h2-12,17H,13-16,18-19H2,1H3,(H,29,32). The fraction of sp³-hybridized carbons (Fsp3) is 0.259. The van der Waals surface area contributed by atoms with Crippen molar-refractivity contribution in [3.05, 3.63) is 84.2 Å². The molecule has 3 aromatic rings. The van der Waals surface area contributed by atoms with E-state index in [0.29, 0.717) is 32.8 Å². The van der Waals surface area contributed by atoms with Crippen LogP contribution >= 0.6 is 0 Å². The molecule has 182 valence electrons. The minimum atomic E-state index is -0.484. The van der Waals surface area contributed by atoms with Gasteiger partial charge >= 0.3 is 6.09 Å². The highest BCUT2D eigenvalue weighted by atomic mass is 19.1. The molecule has 4 rings (SSSR count). The molecule has 0 atom stereocenters. The van der Waals surface area contributed by atoms with Gasteiger partial charge in [-0.25, -0.2) is 9.18 Å². The van der Waals surface area contributed by atoms with Crippen molar-refractivity contribution in [3.63, 3.8) is 0 Å². The maximum atomic E-state index is 14.6. The number of piperazine rings is 1. The fourth-order valence-electron chi connectivity index (χ4n) is 3.84. The predicted molar refractivity (Wildman–Crippen MR) is 132 cm³/mol. The van der Waals surface area contributed by atoms with E-state index in [4.69, 9.17) is 9.47 Å². The molecule has 1 fully saturated rings. The fourth-order valence-corrected chi connectivity index (χ4v) is 3.84. The number of benzene rings is 3. The molecule has 0 aromatic heterocycles. The number of anilines is 1. The van der Waals surface area contributed by atoms with Gasteiger partial charge in [-0.2, -0.15) is 0 Å². The maximum absolute atomic E-state index is 14.6. The Kier molecular flexibility index (Phi) is 7.82. The van der Waals surface area contributed by atoms with Gasteiger partial charge < -0.3 is 24.6 Å². The Balaban J connectivity index is 1.31. The van der Waals surface area contributed by atoms with E-state index in [1.54, 1.807) is 11.0 Å². The first-order chi connectivity index (χ1) is 17.0. The lowest BCUT2D eigenvalue weighted by molar-refractivity contribution is -0.123. The lowest BCUT2D eigenvalue weighted by Gasteiger charge is -2.35.